The lowest BCUT2D eigenvalue weighted by Crippen LogP contribution is -2.40. The molecule has 27 heavy (non-hydrogen) atoms. The Kier molecular flexibility index (Phi) is 5.24. The van der Waals surface area contributed by atoms with E-state index < -0.39 is 32.4 Å². The minimum absolute atomic E-state index is 0.0145. The van der Waals surface area contributed by atoms with Gasteiger partial charge in [-0.25, -0.2) is 31.6 Å². The van der Waals surface area contributed by atoms with Crippen LogP contribution < -0.4 is 16.0 Å². The van der Waals surface area contributed by atoms with Gasteiger partial charge in [-0.1, -0.05) is 0 Å². The molecule has 1 saturated heterocycles. The van der Waals surface area contributed by atoms with Crippen LogP contribution in [0.3, 0.4) is 0 Å². The number of rotatable bonds is 4. The third-order valence-corrected chi connectivity index (χ3v) is 4.99. The summed E-state index contributed by atoms with van der Waals surface area (Å²) in [5, 5.41) is 2.17. The van der Waals surface area contributed by atoms with E-state index in [2.05, 4.69) is 15.3 Å². The molecular weight excluding hydrogens is 383 g/mol. The van der Waals surface area contributed by atoms with Gasteiger partial charge in [0.15, 0.2) is 17.5 Å². The second-order valence-corrected chi connectivity index (χ2v) is 8.28. The summed E-state index contributed by atoms with van der Waals surface area (Å²) < 4.78 is 63.8. The Balaban J connectivity index is 1.98. The minimum atomic E-state index is -3.73. The standard InChI is InChI=1S/C16H18F3N5O2S/c1-27(25,26)16-22-13(21-10-6-11(17)15(19)12(18)7-10)8-14(23-16)24-4-2-9(20)3-5-24/h6-9H,2-5,20H2,1H3,(H,21,22,23). The smallest absolute Gasteiger partial charge is 0.250 e. The van der Waals surface area contributed by atoms with Gasteiger partial charge in [-0.3, -0.25) is 0 Å². The summed E-state index contributed by atoms with van der Waals surface area (Å²) in [5.74, 6) is -3.98. The van der Waals surface area contributed by atoms with Gasteiger partial charge in [-0.15, -0.1) is 0 Å². The van der Waals surface area contributed by atoms with Gasteiger partial charge in [-0.2, -0.15) is 0 Å². The third kappa shape index (κ3) is 4.48. The highest BCUT2D eigenvalue weighted by Crippen LogP contribution is 2.25. The molecule has 1 fully saturated rings. The number of hydrogen-bond donors (Lipinski definition) is 2. The fourth-order valence-corrected chi connectivity index (χ4v) is 3.23. The van der Waals surface area contributed by atoms with E-state index in [9.17, 15) is 21.6 Å². The van der Waals surface area contributed by atoms with Gasteiger partial charge in [0.1, 0.15) is 11.6 Å². The summed E-state index contributed by atoms with van der Waals surface area (Å²) in [5.41, 5.74) is 5.76. The van der Waals surface area contributed by atoms with Gasteiger partial charge < -0.3 is 16.0 Å². The number of anilines is 3. The molecule has 2 heterocycles. The monoisotopic (exact) mass is 401 g/mol. The average molecular weight is 401 g/mol. The van der Waals surface area contributed by atoms with Crippen molar-refractivity contribution in [3.8, 4) is 0 Å². The molecule has 11 heteroatoms. The maximum Gasteiger partial charge on any atom is 0.250 e. The molecule has 0 bridgehead atoms. The molecule has 0 radical (unpaired) electrons. The van der Waals surface area contributed by atoms with E-state index >= 15 is 0 Å². The van der Waals surface area contributed by atoms with E-state index in [-0.39, 0.29) is 17.5 Å². The summed E-state index contributed by atoms with van der Waals surface area (Å²) in [6.45, 7) is 1.17. The quantitative estimate of drug-likeness (QED) is 0.597. The second-order valence-electron chi connectivity index (χ2n) is 6.37. The van der Waals surface area contributed by atoms with E-state index in [4.69, 9.17) is 5.73 Å². The van der Waals surface area contributed by atoms with Crippen LogP contribution >= 0.6 is 0 Å². The van der Waals surface area contributed by atoms with Crippen LogP contribution in [-0.2, 0) is 9.84 Å². The third-order valence-electron chi connectivity index (χ3n) is 4.14. The molecule has 0 saturated carbocycles. The first-order valence-electron chi connectivity index (χ1n) is 8.15. The van der Waals surface area contributed by atoms with Crippen molar-refractivity contribution in [2.24, 2.45) is 5.73 Å². The first-order valence-corrected chi connectivity index (χ1v) is 10.0. The van der Waals surface area contributed by atoms with Gasteiger partial charge in [0, 0.05) is 49.3 Å². The minimum Gasteiger partial charge on any atom is -0.356 e. The molecule has 1 aromatic heterocycles. The zero-order valence-electron chi connectivity index (χ0n) is 14.4. The van der Waals surface area contributed by atoms with Crippen LogP contribution in [0.25, 0.3) is 0 Å². The van der Waals surface area contributed by atoms with Crippen molar-refractivity contribution in [2.75, 3.05) is 29.6 Å². The van der Waals surface area contributed by atoms with Crippen LogP contribution in [0.4, 0.5) is 30.5 Å². The number of piperidine rings is 1. The van der Waals surface area contributed by atoms with Crippen molar-refractivity contribution >= 4 is 27.2 Å². The maximum absolute atomic E-state index is 13.4. The lowest BCUT2D eigenvalue weighted by Gasteiger charge is -2.31. The molecular formula is C16H18F3N5O2S. The van der Waals surface area contributed by atoms with Crippen LogP contribution in [-0.4, -0.2) is 43.8 Å². The summed E-state index contributed by atoms with van der Waals surface area (Å²) in [6.07, 6.45) is 2.39. The van der Waals surface area contributed by atoms with Crippen LogP contribution in [0, 0.1) is 17.5 Å². The molecule has 3 rings (SSSR count). The highest BCUT2D eigenvalue weighted by atomic mass is 32.2. The molecule has 1 aliphatic heterocycles. The highest BCUT2D eigenvalue weighted by Gasteiger charge is 2.21. The summed E-state index contributed by atoms with van der Waals surface area (Å²) in [7, 11) is -3.73. The number of sulfone groups is 1. The predicted octanol–water partition coefficient (Wildman–Crippen LogP) is 1.97. The molecule has 0 atom stereocenters. The Morgan fingerprint density at radius 2 is 1.70 bits per heavy atom. The van der Waals surface area contributed by atoms with Gasteiger partial charge >= 0.3 is 0 Å². The van der Waals surface area contributed by atoms with E-state index in [0.717, 1.165) is 31.2 Å². The molecule has 2 aromatic rings. The van der Waals surface area contributed by atoms with Crippen LogP contribution in [0.1, 0.15) is 12.8 Å². The van der Waals surface area contributed by atoms with Crippen LogP contribution in [0.2, 0.25) is 0 Å². The number of nitrogens with zero attached hydrogens (tertiary/aromatic N) is 3. The number of benzene rings is 1. The second kappa shape index (κ2) is 7.31. The number of halogens is 3. The fourth-order valence-electron chi connectivity index (χ4n) is 2.71. The zero-order chi connectivity index (χ0) is 19.8. The lowest BCUT2D eigenvalue weighted by atomic mass is 10.1. The van der Waals surface area contributed by atoms with Crippen molar-refractivity contribution < 1.29 is 21.6 Å². The summed E-state index contributed by atoms with van der Waals surface area (Å²) in [4.78, 5) is 9.83. The molecule has 1 aliphatic rings. The summed E-state index contributed by atoms with van der Waals surface area (Å²) >= 11 is 0. The van der Waals surface area contributed by atoms with Crippen molar-refractivity contribution in [2.45, 2.75) is 24.0 Å². The number of nitrogens with one attached hydrogen (secondary N) is 1. The molecule has 0 aliphatic carbocycles. The number of nitrogens with two attached hydrogens (primary N) is 1. The van der Waals surface area contributed by atoms with E-state index in [1.807, 2.05) is 4.90 Å². The van der Waals surface area contributed by atoms with Crippen LogP contribution in [0.5, 0.6) is 0 Å². The lowest BCUT2D eigenvalue weighted by molar-refractivity contribution is 0.448. The van der Waals surface area contributed by atoms with Gasteiger partial charge in [0.25, 0.3) is 5.16 Å². The first kappa shape index (κ1) is 19.4. The van der Waals surface area contributed by atoms with Crippen molar-refractivity contribution in [1.82, 2.24) is 9.97 Å². The Labute approximate surface area is 154 Å². The number of hydrogen-bond acceptors (Lipinski definition) is 7. The van der Waals surface area contributed by atoms with E-state index in [1.165, 1.54) is 6.07 Å². The molecule has 0 spiro atoms. The first-order chi connectivity index (χ1) is 12.6. The normalized spacial score (nSPS) is 15.8. The Hall–Kier alpha value is -2.40. The Bertz CT molecular complexity index is 940. The highest BCUT2D eigenvalue weighted by molar-refractivity contribution is 7.90. The SMILES string of the molecule is CS(=O)(=O)c1nc(Nc2cc(F)c(F)c(F)c2)cc(N2CCC(N)CC2)n1. The predicted molar refractivity (Wildman–Crippen MR) is 94.2 cm³/mol. The van der Waals surface area contributed by atoms with Crippen molar-refractivity contribution in [3.05, 3.63) is 35.7 Å². The Morgan fingerprint density at radius 1 is 1.11 bits per heavy atom. The molecule has 1 aromatic carbocycles. The molecule has 146 valence electrons. The molecule has 7 nitrogen and oxygen atoms in total. The topological polar surface area (TPSA) is 101 Å². The van der Waals surface area contributed by atoms with Crippen molar-refractivity contribution in [1.29, 1.82) is 0 Å². The van der Waals surface area contributed by atoms with E-state index in [0.29, 0.717) is 18.9 Å². The Morgan fingerprint density at radius 3 is 2.26 bits per heavy atom. The van der Waals surface area contributed by atoms with Crippen molar-refractivity contribution in [3.63, 3.8) is 0 Å². The van der Waals surface area contributed by atoms with Gasteiger partial charge in [0.05, 0.1) is 0 Å². The molecule has 0 amide bonds. The fraction of sp³-hybridized carbons (Fsp3) is 0.375. The zero-order valence-corrected chi connectivity index (χ0v) is 15.2. The van der Waals surface area contributed by atoms with E-state index in [1.54, 1.807) is 0 Å². The molecule has 0 unspecified atom stereocenters. The van der Waals surface area contributed by atoms with Crippen LogP contribution in [0.15, 0.2) is 23.4 Å². The van der Waals surface area contributed by atoms with Gasteiger partial charge in [0.2, 0.25) is 9.84 Å². The number of aromatic nitrogens is 2. The summed E-state index contributed by atoms with van der Waals surface area (Å²) in [6, 6.07) is 3.03. The largest absolute Gasteiger partial charge is 0.356 e. The van der Waals surface area contributed by atoms with Gasteiger partial charge in [-0.05, 0) is 12.8 Å². The maximum atomic E-state index is 13.4. The average Bonchev–Trinajstić information content (AvgIpc) is 2.59. The molecule has 3 N–H and O–H groups in total.